The second kappa shape index (κ2) is 7.28. The standard InChI is InChI=1S/C15H11F5N2O3S/c16-11-2-1-3-12(17)13(11)22-26(24,25)10-6-4-9(5-7-10)14(23)21-8-15(18,19)20/h1-7,22H,8H2,(H,21,23). The van der Waals surface area contributed by atoms with Gasteiger partial charge in [0, 0.05) is 5.56 Å². The van der Waals surface area contributed by atoms with Gasteiger partial charge in [-0.1, -0.05) is 6.07 Å². The van der Waals surface area contributed by atoms with Gasteiger partial charge in [-0.05, 0) is 36.4 Å². The van der Waals surface area contributed by atoms with Gasteiger partial charge in [0.2, 0.25) is 0 Å². The number of anilines is 1. The number of carbonyl (C=O) groups is 1. The Morgan fingerprint density at radius 2 is 1.50 bits per heavy atom. The highest BCUT2D eigenvalue weighted by molar-refractivity contribution is 7.92. The summed E-state index contributed by atoms with van der Waals surface area (Å²) in [5.41, 5.74) is -1.09. The van der Waals surface area contributed by atoms with E-state index in [0.717, 1.165) is 42.5 Å². The highest BCUT2D eigenvalue weighted by atomic mass is 32.2. The largest absolute Gasteiger partial charge is 0.405 e. The molecule has 0 unspecified atom stereocenters. The number of halogens is 5. The van der Waals surface area contributed by atoms with E-state index in [1.807, 2.05) is 0 Å². The van der Waals surface area contributed by atoms with Crippen molar-refractivity contribution in [3.63, 3.8) is 0 Å². The van der Waals surface area contributed by atoms with Crippen LogP contribution in [0.5, 0.6) is 0 Å². The Labute approximate surface area is 144 Å². The number of hydrogen-bond acceptors (Lipinski definition) is 3. The number of benzene rings is 2. The maximum atomic E-state index is 13.5. The summed E-state index contributed by atoms with van der Waals surface area (Å²) >= 11 is 0. The molecule has 0 saturated heterocycles. The van der Waals surface area contributed by atoms with Gasteiger partial charge in [-0.15, -0.1) is 0 Å². The molecule has 2 aromatic rings. The highest BCUT2D eigenvalue weighted by Crippen LogP contribution is 2.22. The predicted octanol–water partition coefficient (Wildman–Crippen LogP) is 3.06. The van der Waals surface area contributed by atoms with Crippen LogP contribution < -0.4 is 10.0 Å². The Bertz CT molecular complexity index is 892. The van der Waals surface area contributed by atoms with Crippen molar-refractivity contribution in [2.45, 2.75) is 11.1 Å². The third-order valence-electron chi connectivity index (χ3n) is 3.08. The fourth-order valence-electron chi connectivity index (χ4n) is 1.86. The minimum absolute atomic E-state index is 0.217. The minimum atomic E-state index is -4.59. The van der Waals surface area contributed by atoms with Gasteiger partial charge in [0.25, 0.3) is 15.9 Å². The molecule has 140 valence electrons. The molecule has 0 aliphatic carbocycles. The predicted molar refractivity (Wildman–Crippen MR) is 82.0 cm³/mol. The van der Waals surface area contributed by atoms with Crippen molar-refractivity contribution in [2.75, 3.05) is 11.3 Å². The van der Waals surface area contributed by atoms with Crippen LogP contribution in [0, 0.1) is 11.6 Å². The van der Waals surface area contributed by atoms with Crippen molar-refractivity contribution in [3.05, 3.63) is 59.7 Å². The van der Waals surface area contributed by atoms with Crippen LogP contribution in [0.2, 0.25) is 0 Å². The van der Waals surface area contributed by atoms with Crippen LogP contribution in [0.3, 0.4) is 0 Å². The maximum absolute atomic E-state index is 13.5. The molecule has 0 aromatic heterocycles. The zero-order chi connectivity index (χ0) is 19.5. The van der Waals surface area contributed by atoms with E-state index in [1.54, 1.807) is 10.0 Å². The van der Waals surface area contributed by atoms with Gasteiger partial charge in [0.1, 0.15) is 23.9 Å². The van der Waals surface area contributed by atoms with Crippen molar-refractivity contribution in [3.8, 4) is 0 Å². The summed E-state index contributed by atoms with van der Waals surface area (Å²) in [5, 5.41) is 1.62. The Morgan fingerprint density at radius 3 is 2.00 bits per heavy atom. The first-order chi connectivity index (χ1) is 12.0. The van der Waals surface area contributed by atoms with E-state index in [1.165, 1.54) is 0 Å². The smallest absolute Gasteiger partial charge is 0.343 e. The molecule has 0 bridgehead atoms. The molecular formula is C15H11F5N2O3S. The maximum Gasteiger partial charge on any atom is 0.405 e. The van der Waals surface area contributed by atoms with Crippen LogP contribution in [-0.2, 0) is 10.0 Å². The Balaban J connectivity index is 2.17. The molecule has 0 aliphatic rings. The van der Waals surface area contributed by atoms with Crippen molar-refractivity contribution in [1.29, 1.82) is 0 Å². The van der Waals surface area contributed by atoms with Gasteiger partial charge in [-0.3, -0.25) is 9.52 Å². The number of hydrogen-bond donors (Lipinski definition) is 2. The van der Waals surface area contributed by atoms with E-state index in [-0.39, 0.29) is 5.56 Å². The van der Waals surface area contributed by atoms with Crippen LogP contribution in [0.25, 0.3) is 0 Å². The zero-order valence-electron chi connectivity index (χ0n) is 12.8. The molecule has 11 heteroatoms. The fraction of sp³-hybridized carbons (Fsp3) is 0.133. The summed E-state index contributed by atoms with van der Waals surface area (Å²) in [6.07, 6.45) is -4.59. The molecule has 0 atom stereocenters. The van der Waals surface area contributed by atoms with Gasteiger partial charge in [-0.25, -0.2) is 17.2 Å². The second-order valence-corrected chi connectivity index (χ2v) is 6.71. The fourth-order valence-corrected chi connectivity index (χ4v) is 2.93. The second-order valence-electron chi connectivity index (χ2n) is 5.02. The van der Waals surface area contributed by atoms with E-state index in [2.05, 4.69) is 0 Å². The average molecular weight is 394 g/mol. The van der Waals surface area contributed by atoms with Crippen LogP contribution in [-0.4, -0.2) is 27.0 Å². The number of sulfonamides is 1. The lowest BCUT2D eigenvalue weighted by Crippen LogP contribution is -2.33. The Kier molecular flexibility index (Phi) is 5.50. The third kappa shape index (κ3) is 4.91. The summed E-state index contributed by atoms with van der Waals surface area (Å²) in [4.78, 5) is 11.1. The summed E-state index contributed by atoms with van der Waals surface area (Å²) in [6.45, 7) is -1.54. The molecule has 2 N–H and O–H groups in total. The van der Waals surface area contributed by atoms with Gasteiger partial charge < -0.3 is 5.32 Å². The van der Waals surface area contributed by atoms with Crippen LogP contribution in [0.4, 0.5) is 27.6 Å². The highest BCUT2D eigenvalue weighted by Gasteiger charge is 2.28. The van der Waals surface area contributed by atoms with Gasteiger partial charge in [0.15, 0.2) is 0 Å². The van der Waals surface area contributed by atoms with E-state index in [0.29, 0.717) is 0 Å². The first-order valence-corrected chi connectivity index (χ1v) is 8.40. The molecule has 0 spiro atoms. The van der Waals surface area contributed by atoms with Crippen molar-refractivity contribution < 1.29 is 35.2 Å². The van der Waals surface area contributed by atoms with Crippen LogP contribution >= 0.6 is 0 Å². The van der Waals surface area contributed by atoms with E-state index >= 15 is 0 Å². The Hall–Kier alpha value is -2.69. The van der Waals surface area contributed by atoms with Crippen molar-refractivity contribution >= 4 is 21.6 Å². The molecule has 5 nitrogen and oxygen atoms in total. The monoisotopic (exact) mass is 394 g/mol. The number of amides is 1. The Morgan fingerprint density at radius 1 is 0.962 bits per heavy atom. The molecule has 0 heterocycles. The molecule has 0 fully saturated rings. The average Bonchev–Trinajstić information content (AvgIpc) is 2.55. The molecule has 0 aliphatic heterocycles. The van der Waals surface area contributed by atoms with Crippen molar-refractivity contribution in [2.24, 2.45) is 0 Å². The summed E-state index contributed by atoms with van der Waals surface area (Å²) in [5.74, 6) is -3.31. The van der Waals surface area contributed by atoms with Crippen molar-refractivity contribution in [1.82, 2.24) is 5.32 Å². The first-order valence-electron chi connectivity index (χ1n) is 6.91. The minimum Gasteiger partial charge on any atom is -0.343 e. The summed E-state index contributed by atoms with van der Waals surface area (Å²) < 4.78 is 89.3. The van der Waals surface area contributed by atoms with Gasteiger partial charge in [0.05, 0.1) is 4.90 Å². The van der Waals surface area contributed by atoms with E-state index in [9.17, 15) is 35.2 Å². The summed E-state index contributed by atoms with van der Waals surface area (Å²) in [6, 6.07) is 6.55. The van der Waals surface area contributed by atoms with Gasteiger partial charge >= 0.3 is 6.18 Å². The first kappa shape index (κ1) is 19.6. The quantitative estimate of drug-likeness (QED) is 0.766. The van der Waals surface area contributed by atoms with E-state index in [4.69, 9.17) is 0 Å². The van der Waals surface area contributed by atoms with Crippen LogP contribution in [0.1, 0.15) is 10.4 Å². The van der Waals surface area contributed by atoms with Crippen LogP contribution in [0.15, 0.2) is 47.4 Å². The molecule has 0 saturated carbocycles. The lowest BCUT2D eigenvalue weighted by molar-refractivity contribution is -0.123. The number of alkyl halides is 3. The topological polar surface area (TPSA) is 75.3 Å². The number of para-hydroxylation sites is 1. The molecule has 2 aromatic carbocycles. The summed E-state index contributed by atoms with van der Waals surface area (Å²) in [7, 11) is -4.38. The number of rotatable bonds is 5. The molecule has 2 rings (SSSR count). The molecular weight excluding hydrogens is 383 g/mol. The number of carbonyl (C=O) groups excluding carboxylic acids is 1. The number of nitrogens with one attached hydrogen (secondary N) is 2. The molecule has 0 radical (unpaired) electrons. The lowest BCUT2D eigenvalue weighted by Gasteiger charge is -2.11. The lowest BCUT2D eigenvalue weighted by atomic mass is 10.2. The normalized spacial score (nSPS) is 11.9. The third-order valence-corrected chi connectivity index (χ3v) is 4.44. The SMILES string of the molecule is O=C(NCC(F)(F)F)c1ccc(S(=O)(=O)Nc2c(F)cccc2F)cc1. The zero-order valence-corrected chi connectivity index (χ0v) is 13.6. The van der Waals surface area contributed by atoms with E-state index < -0.39 is 50.9 Å². The van der Waals surface area contributed by atoms with Gasteiger partial charge in [-0.2, -0.15) is 13.2 Å². The molecule has 1 amide bonds. The molecule has 26 heavy (non-hydrogen) atoms.